The van der Waals surface area contributed by atoms with Gasteiger partial charge in [0, 0.05) is 0 Å². The van der Waals surface area contributed by atoms with E-state index < -0.39 is 20.7 Å². The third-order valence-electron chi connectivity index (χ3n) is 2.50. The fraction of sp³-hybridized carbons (Fsp3) is 0.167. The number of halogens is 1. The van der Waals surface area contributed by atoms with Gasteiger partial charge in [-0.2, -0.15) is 0 Å². The van der Waals surface area contributed by atoms with Gasteiger partial charge in [-0.05, 0) is 31.2 Å². The van der Waals surface area contributed by atoms with E-state index in [1.165, 1.54) is 12.1 Å². The van der Waals surface area contributed by atoms with Crippen molar-refractivity contribution in [3.8, 4) is 0 Å². The molecule has 0 saturated heterocycles. The molecule has 7 heteroatoms. The zero-order chi connectivity index (χ0) is 14.0. The molecule has 1 heterocycles. The fourth-order valence-electron chi connectivity index (χ4n) is 1.63. The summed E-state index contributed by atoms with van der Waals surface area (Å²) in [7, 11) is -4.02. The molecule has 3 N–H and O–H groups in total. The Bertz CT molecular complexity index is 675. The van der Waals surface area contributed by atoms with Crippen LogP contribution in [0.3, 0.4) is 0 Å². The van der Waals surface area contributed by atoms with Gasteiger partial charge in [0.15, 0.2) is 0 Å². The van der Waals surface area contributed by atoms with E-state index in [-0.39, 0.29) is 12.2 Å². The zero-order valence-corrected chi connectivity index (χ0v) is 11.0. The van der Waals surface area contributed by atoms with Crippen LogP contribution in [-0.4, -0.2) is 8.42 Å². The van der Waals surface area contributed by atoms with Gasteiger partial charge in [0.25, 0.3) is 0 Å². The van der Waals surface area contributed by atoms with E-state index in [1.807, 2.05) is 0 Å². The summed E-state index contributed by atoms with van der Waals surface area (Å²) in [5.74, 6) is 0.221. The van der Waals surface area contributed by atoms with Gasteiger partial charge in [0.2, 0.25) is 10.0 Å². The summed E-state index contributed by atoms with van der Waals surface area (Å²) < 4.78 is 45.0. The Morgan fingerprint density at radius 3 is 2.63 bits per heavy atom. The molecule has 0 aliphatic rings. The predicted molar refractivity (Wildman–Crippen MR) is 68.3 cm³/mol. The van der Waals surface area contributed by atoms with Crippen LogP contribution in [0.25, 0.3) is 0 Å². The number of furan rings is 1. The van der Waals surface area contributed by atoms with Crippen LogP contribution in [0.15, 0.2) is 39.6 Å². The molecule has 0 saturated carbocycles. The quantitative estimate of drug-likeness (QED) is 0.838. The summed E-state index contributed by atoms with van der Waals surface area (Å²) in [5.41, 5.74) is 5.36. The second kappa shape index (κ2) is 5.02. The van der Waals surface area contributed by atoms with E-state index in [4.69, 9.17) is 10.2 Å². The molecule has 0 aliphatic heterocycles. The van der Waals surface area contributed by atoms with Crippen LogP contribution >= 0.6 is 0 Å². The molecule has 0 spiro atoms. The van der Waals surface area contributed by atoms with E-state index in [2.05, 4.69) is 4.72 Å². The van der Waals surface area contributed by atoms with E-state index in [9.17, 15) is 12.8 Å². The van der Waals surface area contributed by atoms with Gasteiger partial charge < -0.3 is 10.2 Å². The molecule has 5 nitrogen and oxygen atoms in total. The van der Waals surface area contributed by atoms with Crippen LogP contribution < -0.4 is 10.5 Å². The predicted octanol–water partition coefficient (Wildman–Crippen LogP) is 1.79. The van der Waals surface area contributed by atoms with Gasteiger partial charge in [-0.3, -0.25) is 0 Å². The van der Waals surface area contributed by atoms with Crippen molar-refractivity contribution in [2.75, 3.05) is 5.73 Å². The molecular formula is C12H13FN2O3S. The van der Waals surface area contributed by atoms with E-state index >= 15 is 0 Å². The zero-order valence-electron chi connectivity index (χ0n) is 10.2. The number of aryl methyl sites for hydroxylation is 1. The van der Waals surface area contributed by atoms with Crippen LogP contribution in [0.4, 0.5) is 10.1 Å². The largest absolute Gasteiger partial charge is 0.465 e. The molecule has 2 rings (SSSR count). The molecule has 0 bridgehead atoms. The maximum atomic E-state index is 13.6. The number of sulfonamides is 1. The molecule has 0 amide bonds. The standard InChI is InChI=1S/C12H13FN2O3S/c1-8-5-6-9(18-8)7-15-19(16,17)12-10(13)3-2-4-11(12)14/h2-6,15H,7,14H2,1H3. The van der Waals surface area contributed by atoms with Crippen molar-refractivity contribution in [2.24, 2.45) is 0 Å². The highest BCUT2D eigenvalue weighted by molar-refractivity contribution is 7.89. The van der Waals surface area contributed by atoms with Gasteiger partial charge >= 0.3 is 0 Å². The Morgan fingerprint density at radius 1 is 1.32 bits per heavy atom. The molecule has 19 heavy (non-hydrogen) atoms. The third-order valence-corrected chi connectivity index (χ3v) is 3.99. The molecular weight excluding hydrogens is 271 g/mol. The lowest BCUT2D eigenvalue weighted by Crippen LogP contribution is -2.25. The van der Waals surface area contributed by atoms with Crippen molar-refractivity contribution in [2.45, 2.75) is 18.4 Å². The number of anilines is 1. The Labute approximate surface area is 110 Å². The van der Waals surface area contributed by atoms with Crippen LogP contribution in [0, 0.1) is 12.7 Å². The lowest BCUT2D eigenvalue weighted by molar-refractivity contribution is 0.474. The first-order valence-corrected chi connectivity index (χ1v) is 6.97. The molecule has 0 fully saturated rings. The van der Waals surface area contributed by atoms with Crippen LogP contribution in [0.2, 0.25) is 0 Å². The van der Waals surface area contributed by atoms with E-state index in [0.29, 0.717) is 11.5 Å². The minimum absolute atomic E-state index is 0.0655. The summed E-state index contributed by atoms with van der Waals surface area (Å²) in [4.78, 5) is -0.543. The number of rotatable bonds is 4. The highest BCUT2D eigenvalue weighted by Gasteiger charge is 2.22. The maximum Gasteiger partial charge on any atom is 0.245 e. The molecule has 0 radical (unpaired) electrons. The summed E-state index contributed by atoms with van der Waals surface area (Å²) in [5, 5.41) is 0. The van der Waals surface area contributed by atoms with Crippen LogP contribution in [0.1, 0.15) is 11.5 Å². The van der Waals surface area contributed by atoms with Gasteiger partial charge in [0.05, 0.1) is 12.2 Å². The summed E-state index contributed by atoms with van der Waals surface area (Å²) in [6.45, 7) is 1.68. The van der Waals surface area contributed by atoms with Crippen molar-refractivity contribution in [1.82, 2.24) is 4.72 Å². The molecule has 2 aromatic rings. The van der Waals surface area contributed by atoms with Gasteiger partial charge in [0.1, 0.15) is 22.2 Å². The topological polar surface area (TPSA) is 85.3 Å². The average molecular weight is 284 g/mol. The summed E-state index contributed by atoms with van der Waals surface area (Å²) in [6, 6.07) is 7.07. The number of benzene rings is 1. The van der Waals surface area contributed by atoms with Crippen molar-refractivity contribution in [3.05, 3.63) is 47.7 Å². The minimum Gasteiger partial charge on any atom is -0.465 e. The Kier molecular flexibility index (Phi) is 3.59. The third kappa shape index (κ3) is 2.94. The van der Waals surface area contributed by atoms with Crippen LogP contribution in [0.5, 0.6) is 0 Å². The fourth-order valence-corrected chi connectivity index (χ4v) is 2.81. The average Bonchev–Trinajstić information content (AvgIpc) is 2.72. The normalized spacial score (nSPS) is 11.7. The number of nitrogens with two attached hydrogens (primary N) is 1. The lowest BCUT2D eigenvalue weighted by atomic mass is 10.3. The monoisotopic (exact) mass is 284 g/mol. The minimum atomic E-state index is -4.02. The van der Waals surface area contributed by atoms with E-state index in [0.717, 1.165) is 6.07 Å². The maximum absolute atomic E-state index is 13.6. The van der Waals surface area contributed by atoms with Crippen molar-refractivity contribution in [3.63, 3.8) is 0 Å². The number of nitrogens with one attached hydrogen (secondary N) is 1. The number of hydrogen-bond donors (Lipinski definition) is 2. The molecule has 0 aliphatic carbocycles. The smallest absolute Gasteiger partial charge is 0.245 e. The molecule has 0 atom stereocenters. The molecule has 1 aromatic heterocycles. The lowest BCUT2D eigenvalue weighted by Gasteiger charge is -2.08. The molecule has 102 valence electrons. The second-order valence-electron chi connectivity index (χ2n) is 4.00. The number of hydrogen-bond acceptors (Lipinski definition) is 4. The Balaban J connectivity index is 2.23. The van der Waals surface area contributed by atoms with Gasteiger partial charge in [-0.25, -0.2) is 17.5 Å². The highest BCUT2D eigenvalue weighted by Crippen LogP contribution is 2.21. The first-order valence-electron chi connectivity index (χ1n) is 5.49. The SMILES string of the molecule is Cc1ccc(CNS(=O)(=O)c2c(N)cccc2F)o1. The Hall–Kier alpha value is -1.86. The molecule has 1 aromatic carbocycles. The van der Waals surface area contributed by atoms with Crippen molar-refractivity contribution in [1.29, 1.82) is 0 Å². The van der Waals surface area contributed by atoms with Gasteiger partial charge in [-0.1, -0.05) is 6.07 Å². The number of nitrogen functional groups attached to an aromatic ring is 1. The highest BCUT2D eigenvalue weighted by atomic mass is 32.2. The van der Waals surface area contributed by atoms with Gasteiger partial charge in [-0.15, -0.1) is 0 Å². The first kappa shape index (κ1) is 13.6. The molecule has 0 unspecified atom stereocenters. The first-order chi connectivity index (χ1) is 8.90. The Morgan fingerprint density at radius 2 is 2.05 bits per heavy atom. The second-order valence-corrected chi connectivity index (χ2v) is 5.70. The summed E-state index contributed by atoms with van der Waals surface area (Å²) in [6.07, 6.45) is 0. The van der Waals surface area contributed by atoms with E-state index in [1.54, 1.807) is 19.1 Å². The summed E-state index contributed by atoms with van der Waals surface area (Å²) >= 11 is 0. The van der Waals surface area contributed by atoms with Crippen molar-refractivity contribution >= 4 is 15.7 Å². The van der Waals surface area contributed by atoms with Crippen LogP contribution in [-0.2, 0) is 16.6 Å². The van der Waals surface area contributed by atoms with Crippen molar-refractivity contribution < 1.29 is 17.2 Å².